The molecule has 3 nitrogen and oxygen atoms in total. The van der Waals surface area contributed by atoms with E-state index in [2.05, 4.69) is 6.58 Å². The van der Waals surface area contributed by atoms with Gasteiger partial charge in [-0.25, -0.2) is 0 Å². The number of nitrogens with zero attached hydrogens (tertiary/aromatic N) is 1. The summed E-state index contributed by atoms with van der Waals surface area (Å²) in [5.74, 6) is -1.34. The van der Waals surface area contributed by atoms with Gasteiger partial charge in [0.05, 0.1) is 11.5 Å². The number of amides is 1. The first-order valence-electron chi connectivity index (χ1n) is 13.1. The van der Waals surface area contributed by atoms with Crippen LogP contribution >= 0.6 is 23.2 Å². The Morgan fingerprint density at radius 2 is 1.79 bits per heavy atom. The van der Waals surface area contributed by atoms with Crippen molar-refractivity contribution in [2.45, 2.75) is 82.2 Å². The van der Waals surface area contributed by atoms with E-state index in [1.807, 2.05) is 37.3 Å². The number of aliphatic hydroxyl groups is 1. The molecule has 1 heterocycles. The van der Waals surface area contributed by atoms with Crippen molar-refractivity contribution in [2.75, 3.05) is 0 Å². The van der Waals surface area contributed by atoms with E-state index in [1.165, 1.54) is 0 Å². The van der Waals surface area contributed by atoms with Crippen LogP contribution in [0.4, 0.5) is 13.2 Å². The van der Waals surface area contributed by atoms with E-state index < -0.39 is 41.6 Å². The molecule has 0 spiro atoms. The van der Waals surface area contributed by atoms with Gasteiger partial charge in [-0.3, -0.25) is 4.79 Å². The minimum atomic E-state index is -4.80. The van der Waals surface area contributed by atoms with Crippen LogP contribution in [0.3, 0.4) is 0 Å². The monoisotopic (exact) mass is 567 g/mol. The van der Waals surface area contributed by atoms with Gasteiger partial charge in [0.1, 0.15) is 0 Å². The molecule has 1 amide bonds. The van der Waals surface area contributed by atoms with Crippen LogP contribution in [-0.2, 0) is 4.79 Å². The van der Waals surface area contributed by atoms with E-state index in [-0.39, 0.29) is 18.2 Å². The van der Waals surface area contributed by atoms with Gasteiger partial charge in [0, 0.05) is 28.4 Å². The fraction of sp³-hybridized carbons (Fsp3) is 0.500. The lowest BCUT2D eigenvalue weighted by Crippen LogP contribution is -2.59. The van der Waals surface area contributed by atoms with E-state index in [9.17, 15) is 23.1 Å². The molecule has 5 atom stereocenters. The van der Waals surface area contributed by atoms with Gasteiger partial charge in [-0.2, -0.15) is 13.2 Å². The Morgan fingerprint density at radius 1 is 1.13 bits per heavy atom. The third-order valence-corrected chi connectivity index (χ3v) is 8.83. The summed E-state index contributed by atoms with van der Waals surface area (Å²) in [7, 11) is 0. The van der Waals surface area contributed by atoms with Gasteiger partial charge in [0.15, 0.2) is 5.60 Å². The van der Waals surface area contributed by atoms with Crippen molar-refractivity contribution in [3.05, 3.63) is 82.4 Å². The molecule has 4 rings (SSSR count). The van der Waals surface area contributed by atoms with E-state index in [0.717, 1.165) is 11.1 Å². The Bertz CT molecular complexity index is 1170. The van der Waals surface area contributed by atoms with Crippen LogP contribution in [0.15, 0.2) is 61.2 Å². The smallest absolute Gasteiger partial charge is 0.380 e. The molecule has 0 bridgehead atoms. The number of hydrogen-bond acceptors (Lipinski definition) is 2. The summed E-state index contributed by atoms with van der Waals surface area (Å²) in [4.78, 5) is 15.9. The second kappa shape index (κ2) is 10.9. The molecule has 8 heteroatoms. The summed E-state index contributed by atoms with van der Waals surface area (Å²) in [6, 6.07) is 13.1. The number of halogens is 5. The second-order valence-electron chi connectivity index (χ2n) is 11.1. The molecule has 1 aliphatic heterocycles. The van der Waals surface area contributed by atoms with Gasteiger partial charge in [-0.05, 0) is 73.4 Å². The minimum Gasteiger partial charge on any atom is -0.380 e. The SMILES string of the molecule is C=CC[C@@]1(C)C[C@H](c2cccc(Cl)c2)[C@@H](c2ccc(Cl)cc2)N(C(CC)CC(O)(C2CC2)C(F)(F)F)C1=O. The molecule has 0 radical (unpaired) electrons. The normalized spacial score (nSPS) is 26.6. The molecule has 2 aromatic carbocycles. The molecular weight excluding hydrogens is 534 g/mol. The fourth-order valence-electron chi connectivity index (χ4n) is 6.16. The lowest BCUT2D eigenvalue weighted by molar-refractivity contribution is -0.275. The van der Waals surface area contributed by atoms with E-state index in [4.69, 9.17) is 23.2 Å². The summed E-state index contributed by atoms with van der Waals surface area (Å²) in [6.45, 7) is 7.47. The third kappa shape index (κ3) is 5.50. The zero-order valence-corrected chi connectivity index (χ0v) is 23.2. The largest absolute Gasteiger partial charge is 0.417 e. The standard InChI is InChI=1S/C30H34Cl2F3NO2/c1-4-15-28(3)18-25(20-7-6-8-23(32)16-20)26(19-9-13-22(31)14-10-19)36(27(28)37)24(5-2)17-29(38,21-11-12-21)30(33,34)35/h4,6-10,13-14,16,21,24-26,38H,1,5,11-12,15,17-18H2,2-3H3/t24?,25-,26-,28+,29?/m1/s1. The predicted octanol–water partition coefficient (Wildman–Crippen LogP) is 8.51. The van der Waals surface area contributed by atoms with Crippen molar-refractivity contribution in [1.82, 2.24) is 4.90 Å². The minimum absolute atomic E-state index is 0.234. The van der Waals surface area contributed by atoms with Crippen LogP contribution in [0.1, 0.15) is 75.5 Å². The molecule has 2 aliphatic rings. The van der Waals surface area contributed by atoms with Crippen LogP contribution in [0, 0.1) is 11.3 Å². The summed E-state index contributed by atoms with van der Waals surface area (Å²) >= 11 is 12.6. The Balaban J connectivity index is 1.89. The highest BCUT2D eigenvalue weighted by Gasteiger charge is 2.63. The number of hydrogen-bond donors (Lipinski definition) is 1. The predicted molar refractivity (Wildman–Crippen MR) is 145 cm³/mol. The fourth-order valence-corrected chi connectivity index (χ4v) is 6.49. The number of benzene rings is 2. The van der Waals surface area contributed by atoms with Crippen molar-refractivity contribution >= 4 is 29.1 Å². The molecule has 2 unspecified atom stereocenters. The Labute approximate surface area is 232 Å². The maximum Gasteiger partial charge on any atom is 0.417 e. The van der Waals surface area contributed by atoms with Crippen LogP contribution in [0.2, 0.25) is 10.0 Å². The first-order valence-corrected chi connectivity index (χ1v) is 13.8. The number of rotatable bonds is 9. The highest BCUT2D eigenvalue weighted by Crippen LogP contribution is 2.55. The Hall–Kier alpha value is -2.02. The number of carbonyl (C=O) groups excluding carboxylic acids is 1. The van der Waals surface area contributed by atoms with Gasteiger partial charge >= 0.3 is 6.18 Å². The lowest BCUT2D eigenvalue weighted by atomic mass is 9.66. The lowest BCUT2D eigenvalue weighted by Gasteiger charge is -2.53. The maximum atomic E-state index is 14.3. The molecule has 1 saturated heterocycles. The Morgan fingerprint density at radius 3 is 2.32 bits per heavy atom. The first-order chi connectivity index (χ1) is 17.8. The topological polar surface area (TPSA) is 40.5 Å². The quantitative estimate of drug-likeness (QED) is 0.308. The van der Waals surface area contributed by atoms with Crippen LogP contribution < -0.4 is 0 Å². The molecule has 1 saturated carbocycles. The number of allylic oxidation sites excluding steroid dienone is 1. The van der Waals surface area contributed by atoms with Crippen molar-refractivity contribution < 1.29 is 23.1 Å². The molecule has 2 fully saturated rings. The average molecular weight is 569 g/mol. The first kappa shape index (κ1) is 29.0. The van der Waals surface area contributed by atoms with Gasteiger partial charge in [0.25, 0.3) is 0 Å². The Kier molecular flexibility index (Phi) is 8.28. The molecule has 206 valence electrons. The summed E-state index contributed by atoms with van der Waals surface area (Å²) in [5, 5.41) is 12.1. The molecule has 0 aromatic heterocycles. The number of piperidine rings is 1. The van der Waals surface area contributed by atoms with Gasteiger partial charge < -0.3 is 10.0 Å². The molecule has 1 aliphatic carbocycles. The van der Waals surface area contributed by atoms with Gasteiger partial charge in [0.2, 0.25) is 5.91 Å². The zero-order valence-electron chi connectivity index (χ0n) is 21.6. The number of carbonyl (C=O) groups is 1. The molecule has 38 heavy (non-hydrogen) atoms. The van der Waals surface area contributed by atoms with Crippen molar-refractivity contribution in [2.24, 2.45) is 11.3 Å². The summed E-state index contributed by atoms with van der Waals surface area (Å²) in [6.07, 6.45) is -1.95. The highest BCUT2D eigenvalue weighted by atomic mass is 35.5. The zero-order chi connectivity index (χ0) is 27.9. The molecule has 1 N–H and O–H groups in total. The van der Waals surface area contributed by atoms with Crippen LogP contribution in [-0.4, -0.2) is 33.7 Å². The van der Waals surface area contributed by atoms with E-state index >= 15 is 0 Å². The van der Waals surface area contributed by atoms with Crippen molar-refractivity contribution in [1.29, 1.82) is 0 Å². The molecule has 2 aromatic rings. The van der Waals surface area contributed by atoms with Crippen molar-refractivity contribution in [3.8, 4) is 0 Å². The van der Waals surface area contributed by atoms with Crippen LogP contribution in [0.5, 0.6) is 0 Å². The van der Waals surface area contributed by atoms with Crippen molar-refractivity contribution in [3.63, 3.8) is 0 Å². The number of alkyl halides is 3. The van der Waals surface area contributed by atoms with Crippen LogP contribution in [0.25, 0.3) is 0 Å². The molecular formula is C30H34Cl2F3NO2. The average Bonchev–Trinajstić information content (AvgIpc) is 3.70. The third-order valence-electron chi connectivity index (χ3n) is 8.34. The highest BCUT2D eigenvalue weighted by molar-refractivity contribution is 6.30. The van der Waals surface area contributed by atoms with E-state index in [1.54, 1.807) is 36.1 Å². The summed E-state index contributed by atoms with van der Waals surface area (Å²) in [5.41, 5.74) is -2.07. The maximum absolute atomic E-state index is 14.3. The summed E-state index contributed by atoms with van der Waals surface area (Å²) < 4.78 is 42.9. The number of likely N-dealkylation sites (tertiary alicyclic amines) is 1. The van der Waals surface area contributed by atoms with Gasteiger partial charge in [-0.1, -0.05) is 67.4 Å². The van der Waals surface area contributed by atoms with E-state index in [0.29, 0.717) is 35.7 Å². The second-order valence-corrected chi connectivity index (χ2v) is 12.0. The van der Waals surface area contributed by atoms with Gasteiger partial charge in [-0.15, -0.1) is 6.58 Å².